The minimum absolute atomic E-state index is 0.0278. The van der Waals surface area contributed by atoms with Gasteiger partial charge in [-0.25, -0.2) is 0 Å². The van der Waals surface area contributed by atoms with E-state index in [0.29, 0.717) is 6.42 Å². The summed E-state index contributed by atoms with van der Waals surface area (Å²) >= 11 is 0. The molecule has 0 fully saturated rings. The molecular weight excluding hydrogens is 118 g/mol. The van der Waals surface area contributed by atoms with Crippen molar-refractivity contribution in [2.45, 2.75) is 19.4 Å². The zero-order chi connectivity index (χ0) is 7.28. The van der Waals surface area contributed by atoms with Crippen LogP contribution in [0.2, 0.25) is 0 Å². The van der Waals surface area contributed by atoms with Crippen LogP contribution in [0.4, 0.5) is 0 Å². The molecule has 54 valence electrons. The molecule has 3 heteroatoms. The fraction of sp³-hybridized carbons (Fsp3) is 0.833. The number of carbonyl (C=O) groups is 1. The number of Topliss-reactive ketones (excluding diaryl/α,β-unsaturated/α-hetero) is 1. The number of hydrogen-bond donors (Lipinski definition) is 1. The highest BCUT2D eigenvalue weighted by Gasteiger charge is 2.08. The van der Waals surface area contributed by atoms with Crippen LogP contribution in [0.5, 0.6) is 0 Å². The number of nitrogens with two attached hydrogens (primary N) is 1. The van der Waals surface area contributed by atoms with Crippen LogP contribution in [0, 0.1) is 0 Å². The van der Waals surface area contributed by atoms with E-state index in [-0.39, 0.29) is 18.4 Å². The Balaban J connectivity index is 3.46. The number of methoxy groups -OCH3 is 1. The molecule has 0 aliphatic rings. The molecule has 9 heavy (non-hydrogen) atoms. The summed E-state index contributed by atoms with van der Waals surface area (Å²) in [6.07, 6.45) is 0.683. The van der Waals surface area contributed by atoms with Crippen LogP contribution >= 0.6 is 0 Å². The van der Waals surface area contributed by atoms with Gasteiger partial charge < -0.3 is 10.5 Å². The van der Waals surface area contributed by atoms with Crippen LogP contribution in [0.1, 0.15) is 13.3 Å². The third-order valence-electron chi connectivity index (χ3n) is 1.14. The fourth-order valence-corrected chi connectivity index (χ4v) is 0.477. The topological polar surface area (TPSA) is 52.3 Å². The molecule has 0 aliphatic carbocycles. The van der Waals surface area contributed by atoms with E-state index in [2.05, 4.69) is 4.74 Å². The summed E-state index contributed by atoms with van der Waals surface area (Å²) in [5.41, 5.74) is 5.37. The third-order valence-corrected chi connectivity index (χ3v) is 1.14. The lowest BCUT2D eigenvalue weighted by Crippen LogP contribution is -2.32. The summed E-state index contributed by atoms with van der Waals surface area (Å²) in [5.74, 6) is -0.0278. The Labute approximate surface area is 55.2 Å². The molecule has 0 aromatic heterocycles. The number of ketones is 1. The molecule has 0 saturated carbocycles. The zero-order valence-electron chi connectivity index (χ0n) is 5.89. The van der Waals surface area contributed by atoms with Crippen LogP contribution in [0.15, 0.2) is 0 Å². The molecule has 3 nitrogen and oxygen atoms in total. The molecule has 0 amide bonds. The van der Waals surface area contributed by atoms with Gasteiger partial charge in [0, 0.05) is 7.11 Å². The fourth-order valence-electron chi connectivity index (χ4n) is 0.477. The maximum Gasteiger partial charge on any atom is 0.175 e. The van der Waals surface area contributed by atoms with Gasteiger partial charge in [0.05, 0.1) is 6.04 Å². The number of ether oxygens (including phenoxy) is 1. The first-order valence-corrected chi connectivity index (χ1v) is 2.99. The predicted molar refractivity (Wildman–Crippen MR) is 35.1 cm³/mol. The van der Waals surface area contributed by atoms with Crippen LogP contribution in [-0.4, -0.2) is 25.5 Å². The molecule has 1 atom stereocenters. The second-order valence-electron chi connectivity index (χ2n) is 1.91. The molecule has 0 bridgehead atoms. The molecule has 0 rings (SSSR count). The number of carbonyl (C=O) groups excluding carboxylic acids is 1. The van der Waals surface area contributed by atoms with Crippen molar-refractivity contribution < 1.29 is 9.53 Å². The molecular formula is C6H13NO2. The van der Waals surface area contributed by atoms with Crippen molar-refractivity contribution in [3.63, 3.8) is 0 Å². The van der Waals surface area contributed by atoms with E-state index in [1.807, 2.05) is 6.92 Å². The largest absolute Gasteiger partial charge is 0.377 e. The second kappa shape index (κ2) is 4.47. The van der Waals surface area contributed by atoms with Crippen molar-refractivity contribution in [3.8, 4) is 0 Å². The van der Waals surface area contributed by atoms with E-state index >= 15 is 0 Å². The van der Waals surface area contributed by atoms with Crippen LogP contribution in [0.3, 0.4) is 0 Å². The summed E-state index contributed by atoms with van der Waals surface area (Å²) in [5, 5.41) is 0. The average molecular weight is 131 g/mol. The van der Waals surface area contributed by atoms with Crippen molar-refractivity contribution in [1.82, 2.24) is 0 Å². The van der Waals surface area contributed by atoms with Crippen molar-refractivity contribution in [1.29, 1.82) is 0 Å². The molecule has 0 aliphatic heterocycles. The lowest BCUT2D eigenvalue weighted by molar-refractivity contribution is -0.123. The van der Waals surface area contributed by atoms with Gasteiger partial charge in [0.25, 0.3) is 0 Å². The number of rotatable bonds is 4. The molecule has 0 saturated heterocycles. The van der Waals surface area contributed by atoms with Gasteiger partial charge in [0.2, 0.25) is 0 Å². The van der Waals surface area contributed by atoms with Gasteiger partial charge in [-0.2, -0.15) is 0 Å². The molecule has 0 heterocycles. The second-order valence-corrected chi connectivity index (χ2v) is 1.91. The molecule has 0 radical (unpaired) electrons. The van der Waals surface area contributed by atoms with Gasteiger partial charge in [-0.05, 0) is 6.42 Å². The van der Waals surface area contributed by atoms with Crippen LogP contribution in [-0.2, 0) is 9.53 Å². The smallest absolute Gasteiger partial charge is 0.175 e. The SMILES string of the molecule is CCC(N)C(=O)COC. The zero-order valence-corrected chi connectivity index (χ0v) is 5.89. The van der Waals surface area contributed by atoms with Gasteiger partial charge in [-0.15, -0.1) is 0 Å². The lowest BCUT2D eigenvalue weighted by Gasteiger charge is -2.04. The minimum atomic E-state index is -0.343. The summed E-state index contributed by atoms with van der Waals surface area (Å²) in [6, 6.07) is -0.343. The average Bonchev–Trinajstić information content (AvgIpc) is 1.87. The van der Waals surface area contributed by atoms with Gasteiger partial charge in [-0.1, -0.05) is 6.92 Å². The Morgan fingerprint density at radius 1 is 1.78 bits per heavy atom. The predicted octanol–water partition coefficient (Wildman–Crippen LogP) is -0.0608. The highest BCUT2D eigenvalue weighted by Crippen LogP contribution is 1.87. The first kappa shape index (κ1) is 8.59. The van der Waals surface area contributed by atoms with E-state index in [1.165, 1.54) is 7.11 Å². The Kier molecular flexibility index (Phi) is 4.26. The summed E-state index contributed by atoms with van der Waals surface area (Å²) in [6.45, 7) is 2.01. The van der Waals surface area contributed by atoms with Gasteiger partial charge in [0.1, 0.15) is 6.61 Å². The first-order valence-electron chi connectivity index (χ1n) is 2.99. The molecule has 1 unspecified atom stereocenters. The Morgan fingerprint density at radius 3 is 2.67 bits per heavy atom. The van der Waals surface area contributed by atoms with Crippen LogP contribution < -0.4 is 5.73 Å². The molecule has 2 N–H and O–H groups in total. The Morgan fingerprint density at radius 2 is 2.33 bits per heavy atom. The summed E-state index contributed by atoms with van der Waals surface area (Å²) in [4.78, 5) is 10.7. The van der Waals surface area contributed by atoms with Crippen LogP contribution in [0.25, 0.3) is 0 Å². The Bertz CT molecular complexity index is 93.1. The maximum absolute atomic E-state index is 10.7. The molecule has 0 aromatic carbocycles. The van der Waals surface area contributed by atoms with E-state index in [0.717, 1.165) is 0 Å². The van der Waals surface area contributed by atoms with Crippen molar-refractivity contribution in [2.24, 2.45) is 5.73 Å². The molecule has 0 aromatic rings. The van der Waals surface area contributed by atoms with Gasteiger partial charge >= 0.3 is 0 Å². The van der Waals surface area contributed by atoms with E-state index in [4.69, 9.17) is 5.73 Å². The van der Waals surface area contributed by atoms with Gasteiger partial charge in [0.15, 0.2) is 5.78 Å². The van der Waals surface area contributed by atoms with Crippen molar-refractivity contribution in [2.75, 3.05) is 13.7 Å². The molecule has 0 spiro atoms. The van der Waals surface area contributed by atoms with E-state index in [1.54, 1.807) is 0 Å². The van der Waals surface area contributed by atoms with E-state index in [9.17, 15) is 4.79 Å². The maximum atomic E-state index is 10.7. The van der Waals surface area contributed by atoms with E-state index < -0.39 is 0 Å². The monoisotopic (exact) mass is 131 g/mol. The number of hydrogen-bond acceptors (Lipinski definition) is 3. The highest BCUT2D eigenvalue weighted by molar-refractivity contribution is 5.84. The third kappa shape index (κ3) is 3.21. The first-order chi connectivity index (χ1) is 4.22. The quantitative estimate of drug-likeness (QED) is 0.581. The summed E-state index contributed by atoms with van der Waals surface area (Å²) in [7, 11) is 1.49. The highest BCUT2D eigenvalue weighted by atomic mass is 16.5. The van der Waals surface area contributed by atoms with Gasteiger partial charge in [-0.3, -0.25) is 4.79 Å². The summed E-state index contributed by atoms with van der Waals surface area (Å²) < 4.78 is 4.60. The Hall–Kier alpha value is -0.410. The lowest BCUT2D eigenvalue weighted by atomic mass is 10.1. The van der Waals surface area contributed by atoms with Crippen molar-refractivity contribution in [3.05, 3.63) is 0 Å². The van der Waals surface area contributed by atoms with Crippen molar-refractivity contribution >= 4 is 5.78 Å². The standard InChI is InChI=1S/C6H13NO2/c1-3-5(7)6(8)4-9-2/h5H,3-4,7H2,1-2H3. The normalized spacial score (nSPS) is 13.2. The minimum Gasteiger partial charge on any atom is -0.377 e.